The van der Waals surface area contributed by atoms with Gasteiger partial charge in [0.25, 0.3) is 0 Å². The van der Waals surface area contributed by atoms with Crippen molar-refractivity contribution in [1.82, 2.24) is 9.79 Å². The first-order chi connectivity index (χ1) is 13.5. The molecular weight excluding hydrogens is 380 g/mol. The molecule has 0 aliphatic carbocycles. The number of nitrogens with zero attached hydrogens (tertiary/aromatic N) is 1. The fourth-order valence-electron chi connectivity index (χ4n) is 3.20. The lowest BCUT2D eigenvalue weighted by Gasteiger charge is -2.23. The summed E-state index contributed by atoms with van der Waals surface area (Å²) in [6.07, 6.45) is 0. The van der Waals surface area contributed by atoms with Crippen molar-refractivity contribution in [3.8, 4) is 5.75 Å². The Bertz CT molecular complexity index is 860. The molecule has 8 heteroatoms. The van der Waals surface area contributed by atoms with Gasteiger partial charge in [0.1, 0.15) is 17.6 Å². The van der Waals surface area contributed by atoms with Gasteiger partial charge in [0, 0.05) is 20.7 Å². The van der Waals surface area contributed by atoms with Crippen LogP contribution < -0.4 is 9.46 Å². The van der Waals surface area contributed by atoms with Gasteiger partial charge in [0.2, 0.25) is 10.0 Å². The van der Waals surface area contributed by atoms with Crippen molar-refractivity contribution < 1.29 is 22.7 Å². The number of nitrogens with one attached hydrogen (secondary N) is 1. The van der Waals surface area contributed by atoms with Gasteiger partial charge >= 0.3 is 0 Å². The summed E-state index contributed by atoms with van der Waals surface area (Å²) < 4.78 is 38.9. The average Bonchev–Trinajstić information content (AvgIpc) is 3.10. The SMILES string of the molecule is COCCNS(=O)(=O)[C@@H]1CON(C)[C@@H]1c1cccc(OCc2ccccc2)c1. The average molecular weight is 407 g/mol. The Morgan fingerprint density at radius 1 is 1.18 bits per heavy atom. The van der Waals surface area contributed by atoms with Gasteiger partial charge in [0.15, 0.2) is 0 Å². The van der Waals surface area contributed by atoms with Gasteiger partial charge in [0.05, 0.1) is 19.3 Å². The van der Waals surface area contributed by atoms with Crippen LogP contribution in [0.25, 0.3) is 0 Å². The van der Waals surface area contributed by atoms with E-state index in [1.165, 1.54) is 7.11 Å². The summed E-state index contributed by atoms with van der Waals surface area (Å²) in [5.74, 6) is 0.685. The lowest BCUT2D eigenvalue weighted by atomic mass is 10.0. The zero-order chi connectivity index (χ0) is 20.0. The van der Waals surface area contributed by atoms with E-state index in [0.717, 1.165) is 11.1 Å². The summed E-state index contributed by atoms with van der Waals surface area (Å²) in [6.45, 7) is 1.09. The Hall–Kier alpha value is -1.97. The molecule has 28 heavy (non-hydrogen) atoms. The number of hydrogen-bond acceptors (Lipinski definition) is 6. The summed E-state index contributed by atoms with van der Waals surface area (Å²) in [5.41, 5.74) is 1.89. The molecule has 1 aliphatic rings. The topological polar surface area (TPSA) is 77.1 Å². The van der Waals surface area contributed by atoms with Crippen molar-refractivity contribution in [2.24, 2.45) is 0 Å². The highest BCUT2D eigenvalue weighted by Gasteiger charge is 2.43. The highest BCUT2D eigenvalue weighted by Crippen LogP contribution is 2.34. The van der Waals surface area contributed by atoms with Gasteiger partial charge < -0.3 is 9.47 Å². The van der Waals surface area contributed by atoms with Crippen LogP contribution in [0.1, 0.15) is 17.2 Å². The molecule has 0 radical (unpaired) electrons. The zero-order valence-corrected chi connectivity index (χ0v) is 16.9. The second-order valence-electron chi connectivity index (χ2n) is 6.60. The van der Waals surface area contributed by atoms with Crippen LogP contribution in [0.3, 0.4) is 0 Å². The summed E-state index contributed by atoms with van der Waals surface area (Å²) in [5, 5.41) is 0.870. The van der Waals surface area contributed by atoms with Crippen molar-refractivity contribution in [3.05, 3.63) is 65.7 Å². The molecule has 1 aliphatic heterocycles. The van der Waals surface area contributed by atoms with E-state index in [2.05, 4.69) is 4.72 Å². The van der Waals surface area contributed by atoms with Crippen LogP contribution in [0.15, 0.2) is 54.6 Å². The molecule has 0 amide bonds. The first kappa shape index (κ1) is 20.8. The molecule has 0 unspecified atom stereocenters. The van der Waals surface area contributed by atoms with E-state index in [1.807, 2.05) is 54.6 Å². The predicted octanol–water partition coefficient (Wildman–Crippen LogP) is 2.12. The van der Waals surface area contributed by atoms with Crippen LogP contribution in [0, 0.1) is 0 Å². The molecule has 2 atom stereocenters. The van der Waals surface area contributed by atoms with Crippen LogP contribution in [0.2, 0.25) is 0 Å². The standard InChI is InChI=1S/C20H26N2O5S/c1-22-20(19(15-27-22)28(23,24)21-11-12-25-2)17-9-6-10-18(13-17)26-14-16-7-4-3-5-8-16/h3-10,13,19-21H,11-12,14-15H2,1-2H3/t19-,20-/m1/s1. The molecular formula is C20H26N2O5S. The van der Waals surface area contributed by atoms with E-state index in [0.29, 0.717) is 19.0 Å². The Morgan fingerprint density at radius 2 is 1.96 bits per heavy atom. The summed E-state index contributed by atoms with van der Waals surface area (Å²) in [6, 6.07) is 16.9. The van der Waals surface area contributed by atoms with E-state index >= 15 is 0 Å². The predicted molar refractivity (Wildman–Crippen MR) is 106 cm³/mol. The first-order valence-corrected chi connectivity index (χ1v) is 10.7. The molecule has 0 spiro atoms. The maximum atomic E-state index is 12.7. The fraction of sp³-hybridized carbons (Fsp3) is 0.400. The summed E-state index contributed by atoms with van der Waals surface area (Å²) in [7, 11) is -0.293. The second kappa shape index (κ2) is 9.49. The maximum Gasteiger partial charge on any atom is 0.218 e. The number of rotatable bonds is 9. The summed E-state index contributed by atoms with van der Waals surface area (Å²) in [4.78, 5) is 5.54. The third-order valence-corrected chi connectivity index (χ3v) is 6.44. The highest BCUT2D eigenvalue weighted by molar-refractivity contribution is 7.90. The number of methoxy groups -OCH3 is 1. The number of hydrogen-bond donors (Lipinski definition) is 1. The van der Waals surface area contributed by atoms with Crippen molar-refractivity contribution in [2.45, 2.75) is 17.9 Å². The van der Waals surface area contributed by atoms with Crippen LogP contribution >= 0.6 is 0 Å². The van der Waals surface area contributed by atoms with E-state index in [1.54, 1.807) is 12.1 Å². The van der Waals surface area contributed by atoms with E-state index < -0.39 is 21.3 Å². The third kappa shape index (κ3) is 5.09. The van der Waals surface area contributed by atoms with Gasteiger partial charge in [-0.3, -0.25) is 4.84 Å². The van der Waals surface area contributed by atoms with Gasteiger partial charge in [-0.2, -0.15) is 5.06 Å². The number of sulfonamides is 1. The Kier molecular flexibility index (Phi) is 7.03. The van der Waals surface area contributed by atoms with Crippen molar-refractivity contribution in [3.63, 3.8) is 0 Å². The highest BCUT2D eigenvalue weighted by atomic mass is 32.2. The van der Waals surface area contributed by atoms with E-state index in [9.17, 15) is 8.42 Å². The van der Waals surface area contributed by atoms with E-state index in [-0.39, 0.29) is 13.2 Å². The molecule has 7 nitrogen and oxygen atoms in total. The molecule has 0 aromatic heterocycles. The molecule has 2 aromatic carbocycles. The zero-order valence-electron chi connectivity index (χ0n) is 16.1. The van der Waals surface area contributed by atoms with E-state index in [4.69, 9.17) is 14.3 Å². The third-order valence-electron chi connectivity index (χ3n) is 4.64. The van der Waals surface area contributed by atoms with Crippen LogP contribution in [-0.2, 0) is 26.2 Å². The fourth-order valence-corrected chi connectivity index (χ4v) is 4.69. The Morgan fingerprint density at radius 3 is 2.71 bits per heavy atom. The molecule has 1 N–H and O–H groups in total. The second-order valence-corrected chi connectivity index (χ2v) is 8.59. The molecule has 152 valence electrons. The van der Waals surface area contributed by atoms with Gasteiger partial charge in [-0.05, 0) is 23.3 Å². The number of hydroxylamine groups is 2. The Labute approximate surface area is 166 Å². The van der Waals surface area contributed by atoms with Gasteiger partial charge in [-0.15, -0.1) is 0 Å². The van der Waals surface area contributed by atoms with Gasteiger partial charge in [-0.1, -0.05) is 42.5 Å². The molecule has 0 bridgehead atoms. The minimum Gasteiger partial charge on any atom is -0.489 e. The lowest BCUT2D eigenvalue weighted by molar-refractivity contribution is -0.110. The summed E-state index contributed by atoms with van der Waals surface area (Å²) >= 11 is 0. The molecule has 1 fully saturated rings. The van der Waals surface area contributed by atoms with Crippen molar-refractivity contribution in [2.75, 3.05) is 33.9 Å². The maximum absolute atomic E-state index is 12.7. The van der Waals surface area contributed by atoms with Crippen LogP contribution in [0.4, 0.5) is 0 Å². The quantitative estimate of drug-likeness (QED) is 0.643. The monoisotopic (exact) mass is 406 g/mol. The van der Waals surface area contributed by atoms with Crippen molar-refractivity contribution in [1.29, 1.82) is 0 Å². The minimum absolute atomic E-state index is 0.0958. The molecule has 0 saturated carbocycles. The molecule has 2 aromatic rings. The van der Waals surface area contributed by atoms with Crippen molar-refractivity contribution >= 4 is 10.0 Å². The number of ether oxygens (including phenoxy) is 2. The smallest absolute Gasteiger partial charge is 0.218 e. The lowest BCUT2D eigenvalue weighted by Crippen LogP contribution is -2.40. The van der Waals surface area contributed by atoms with Crippen LogP contribution in [-0.4, -0.2) is 52.6 Å². The van der Waals surface area contributed by atoms with Crippen LogP contribution in [0.5, 0.6) is 5.75 Å². The largest absolute Gasteiger partial charge is 0.489 e. The number of benzene rings is 2. The normalized spacial score (nSPS) is 20.4. The Balaban J connectivity index is 1.75. The molecule has 1 heterocycles. The molecule has 1 saturated heterocycles. The minimum atomic E-state index is -3.57. The first-order valence-electron chi connectivity index (χ1n) is 9.11. The molecule has 3 rings (SSSR count). The van der Waals surface area contributed by atoms with Gasteiger partial charge in [-0.25, -0.2) is 13.1 Å².